The van der Waals surface area contributed by atoms with E-state index < -0.39 is 73.9 Å². The molecule has 4 fully saturated rings. The number of hydrogen-bond donors (Lipinski definition) is 3. The van der Waals surface area contributed by atoms with Crippen LogP contribution in [0.25, 0.3) is 11.3 Å². The van der Waals surface area contributed by atoms with Gasteiger partial charge in [0.25, 0.3) is 11.8 Å². The topological polar surface area (TPSA) is 183 Å². The number of fused-ring (bicyclic) bond motifs is 4. The van der Waals surface area contributed by atoms with Gasteiger partial charge in [-0.3, -0.25) is 28.7 Å². The molecule has 2 saturated heterocycles. The van der Waals surface area contributed by atoms with Crippen LogP contribution in [-0.2, 0) is 29.2 Å². The summed E-state index contributed by atoms with van der Waals surface area (Å²) < 4.78 is 42.3. The van der Waals surface area contributed by atoms with Crippen LogP contribution in [0.4, 0.5) is 4.39 Å². The van der Waals surface area contributed by atoms with Gasteiger partial charge in [-0.25, -0.2) is 17.8 Å². The van der Waals surface area contributed by atoms with Crippen molar-refractivity contribution in [1.29, 1.82) is 0 Å². The van der Waals surface area contributed by atoms with Crippen molar-refractivity contribution in [3.05, 3.63) is 60.1 Å². The van der Waals surface area contributed by atoms with Gasteiger partial charge in [0.05, 0.1) is 10.9 Å². The Morgan fingerprint density at radius 3 is 2.53 bits per heavy atom. The number of hydrogen-bond acceptors (Lipinski definition) is 9. The van der Waals surface area contributed by atoms with Gasteiger partial charge in [-0.15, -0.1) is 0 Å². The van der Waals surface area contributed by atoms with Crippen molar-refractivity contribution in [2.45, 2.75) is 108 Å². The molecule has 58 heavy (non-hydrogen) atoms. The molecular formula is C43H54FN5O8S. The average Bonchev–Trinajstić information content (AvgIpc) is 4.07. The maximum Gasteiger partial charge on any atom is 0.272 e. The summed E-state index contributed by atoms with van der Waals surface area (Å²) in [5.74, 6) is -5.41. The number of rotatable bonds is 9. The van der Waals surface area contributed by atoms with E-state index in [2.05, 4.69) is 35.8 Å². The molecule has 1 aromatic heterocycles. The van der Waals surface area contributed by atoms with Crippen LogP contribution in [0, 0.1) is 34.9 Å². The van der Waals surface area contributed by atoms with Crippen LogP contribution in [0.5, 0.6) is 5.75 Å². The Labute approximate surface area is 339 Å². The summed E-state index contributed by atoms with van der Waals surface area (Å²) in [5.41, 5.74) is -0.802. The second-order valence-electron chi connectivity index (χ2n) is 18.2. The molecule has 0 spiro atoms. The molecule has 2 aromatic rings. The summed E-state index contributed by atoms with van der Waals surface area (Å²) in [6.45, 7) is 6.64. The summed E-state index contributed by atoms with van der Waals surface area (Å²) in [6, 6.07) is 7.53. The molecule has 2 saturated carbocycles. The number of ketones is 1. The summed E-state index contributed by atoms with van der Waals surface area (Å²) in [7, 11) is -3.92. The molecule has 4 heterocycles. The van der Waals surface area contributed by atoms with Gasteiger partial charge in [0, 0.05) is 61.7 Å². The second-order valence-corrected chi connectivity index (χ2v) is 20.1. The Morgan fingerprint density at radius 2 is 1.81 bits per heavy atom. The number of carbonyl (C=O) groups excluding carboxylic acids is 5. The molecule has 2 aliphatic carbocycles. The average molecular weight is 820 g/mol. The van der Waals surface area contributed by atoms with Gasteiger partial charge >= 0.3 is 0 Å². The SMILES string of the molecule is CC(C)(C)CCC(=O)C[C@H]1CCCCC/C=C\[C@@H]2C[C@@]2(C(=O)NS(=O)(=O)C2CC2)NC(=O)[C@@H]2[C@H]3CN(C(=O)c4cccc(-c5ccc(O)c(F)c5)n4)C[C@H]3CN2C1=O. The van der Waals surface area contributed by atoms with Gasteiger partial charge < -0.3 is 20.2 Å². The Morgan fingerprint density at radius 1 is 1.03 bits per heavy atom. The van der Waals surface area contributed by atoms with Gasteiger partial charge in [-0.1, -0.05) is 51.8 Å². The van der Waals surface area contributed by atoms with Gasteiger partial charge in [-0.2, -0.15) is 0 Å². The van der Waals surface area contributed by atoms with E-state index in [0.29, 0.717) is 56.2 Å². The molecule has 5 aliphatic rings. The highest BCUT2D eigenvalue weighted by molar-refractivity contribution is 7.91. The first-order valence-corrected chi connectivity index (χ1v) is 22.1. The number of amides is 4. The lowest BCUT2D eigenvalue weighted by Crippen LogP contribution is -2.58. The van der Waals surface area contributed by atoms with Gasteiger partial charge in [0.1, 0.15) is 23.1 Å². The Balaban J connectivity index is 1.17. The lowest BCUT2D eigenvalue weighted by atomic mass is 9.86. The molecule has 4 amide bonds. The molecule has 7 rings (SSSR count). The van der Waals surface area contributed by atoms with Crippen molar-refractivity contribution >= 4 is 39.4 Å². The largest absolute Gasteiger partial charge is 0.505 e. The Bertz CT molecular complexity index is 2120. The lowest BCUT2D eigenvalue weighted by Gasteiger charge is -2.32. The molecule has 0 radical (unpaired) electrons. The molecule has 15 heteroatoms. The number of phenols is 1. The minimum Gasteiger partial charge on any atom is -0.505 e. The van der Waals surface area contributed by atoms with E-state index in [4.69, 9.17) is 0 Å². The van der Waals surface area contributed by atoms with E-state index in [1.54, 1.807) is 28.0 Å². The van der Waals surface area contributed by atoms with Gasteiger partial charge in [0.2, 0.25) is 21.8 Å². The highest BCUT2D eigenvalue weighted by Crippen LogP contribution is 2.47. The first kappa shape index (κ1) is 41.5. The number of sulfonamides is 1. The van der Waals surface area contributed by atoms with Crippen LogP contribution in [0.15, 0.2) is 48.6 Å². The Kier molecular flexibility index (Phi) is 11.6. The third-order valence-electron chi connectivity index (χ3n) is 12.4. The van der Waals surface area contributed by atoms with Crippen LogP contribution in [0.2, 0.25) is 0 Å². The number of halogens is 1. The molecule has 0 unspecified atom stereocenters. The van der Waals surface area contributed by atoms with E-state index in [1.807, 2.05) is 12.2 Å². The van der Waals surface area contributed by atoms with E-state index in [9.17, 15) is 41.9 Å². The molecule has 1 aromatic carbocycles. The number of carbonyl (C=O) groups is 5. The molecule has 312 valence electrons. The van der Waals surface area contributed by atoms with Crippen LogP contribution in [0.1, 0.15) is 102 Å². The number of nitrogens with one attached hydrogen (secondary N) is 2. The quantitative estimate of drug-likeness (QED) is 0.297. The fourth-order valence-corrected chi connectivity index (χ4v) is 10.2. The van der Waals surface area contributed by atoms with Gasteiger partial charge in [0.15, 0.2) is 11.6 Å². The number of aromatic hydroxyl groups is 1. The third-order valence-corrected chi connectivity index (χ3v) is 14.3. The number of pyridine rings is 1. The third kappa shape index (κ3) is 8.98. The highest BCUT2D eigenvalue weighted by atomic mass is 32.2. The van der Waals surface area contributed by atoms with Crippen molar-refractivity contribution in [2.75, 3.05) is 19.6 Å². The molecule has 13 nitrogen and oxygen atoms in total. The zero-order valence-electron chi connectivity index (χ0n) is 33.4. The van der Waals surface area contributed by atoms with Crippen LogP contribution in [0.3, 0.4) is 0 Å². The van der Waals surface area contributed by atoms with Crippen molar-refractivity contribution in [2.24, 2.45) is 29.1 Å². The normalized spacial score (nSPS) is 28.3. The number of aromatic nitrogens is 1. The summed E-state index contributed by atoms with van der Waals surface area (Å²) in [4.78, 5) is 78.3. The summed E-state index contributed by atoms with van der Waals surface area (Å²) >= 11 is 0. The van der Waals surface area contributed by atoms with Crippen LogP contribution < -0.4 is 10.0 Å². The molecule has 0 bridgehead atoms. The predicted octanol–water partition coefficient (Wildman–Crippen LogP) is 4.90. The standard InChI is InChI=1S/C43H54FN5O8S/c1-42(2,3)19-18-30(50)20-27-10-7-5-4-6-8-11-29-22-43(29,41(55)47-58(56,57)31-15-16-31)46-38(52)37-32-25-48(23-28(32)24-49(37)39(27)53)40(54)35-13-9-12-34(45-35)26-14-17-36(51)33(44)21-26/h8-9,11-14,17,21,27-29,31-32,37,51H,4-7,10,15-16,18-20,22-25H2,1-3H3,(H,46,52)(H,47,55)/b11-8-/t27-,28+,29-,32+,37+,43-/m1/s1. The zero-order valence-corrected chi connectivity index (χ0v) is 34.2. The Hall–Kier alpha value is -4.66. The van der Waals surface area contributed by atoms with Crippen LogP contribution >= 0.6 is 0 Å². The molecule has 6 atom stereocenters. The fourth-order valence-electron chi connectivity index (χ4n) is 8.80. The second kappa shape index (κ2) is 16.2. The number of nitrogens with zero attached hydrogens (tertiary/aromatic N) is 3. The lowest BCUT2D eigenvalue weighted by molar-refractivity contribution is -0.145. The number of likely N-dealkylation sites (tertiary alicyclic amines) is 1. The van der Waals surface area contributed by atoms with E-state index in [-0.39, 0.29) is 61.2 Å². The predicted molar refractivity (Wildman–Crippen MR) is 213 cm³/mol. The minimum atomic E-state index is -3.92. The minimum absolute atomic E-state index is 0.00983. The smallest absolute Gasteiger partial charge is 0.272 e. The molecular weight excluding hydrogens is 766 g/mol. The maximum absolute atomic E-state index is 14.7. The van der Waals surface area contributed by atoms with Crippen molar-refractivity contribution in [3.63, 3.8) is 0 Å². The molecule has 3 N–H and O–H groups in total. The monoisotopic (exact) mass is 819 g/mol. The highest BCUT2D eigenvalue weighted by Gasteiger charge is 2.63. The van der Waals surface area contributed by atoms with Crippen LogP contribution in [-0.4, -0.2) is 94.2 Å². The summed E-state index contributed by atoms with van der Waals surface area (Å²) in [6.07, 6.45) is 9.55. The summed E-state index contributed by atoms with van der Waals surface area (Å²) in [5, 5.41) is 11.9. The fraction of sp³-hybridized carbons (Fsp3) is 0.581. The maximum atomic E-state index is 14.7. The first-order valence-electron chi connectivity index (χ1n) is 20.6. The van der Waals surface area contributed by atoms with E-state index in [0.717, 1.165) is 18.9 Å². The number of benzene rings is 1. The van der Waals surface area contributed by atoms with Crippen molar-refractivity contribution in [3.8, 4) is 17.0 Å². The first-order chi connectivity index (χ1) is 27.5. The number of allylic oxidation sites excluding steroid dienone is 1. The number of Topliss-reactive ketones (excluding diaryl/α,β-unsaturated/α-hetero) is 1. The number of phenolic OH excluding ortho intramolecular Hbond substituents is 1. The van der Waals surface area contributed by atoms with Crippen molar-refractivity contribution < 1.29 is 41.9 Å². The molecule has 3 aliphatic heterocycles. The zero-order chi connectivity index (χ0) is 41.6. The van der Waals surface area contributed by atoms with E-state index >= 15 is 0 Å². The van der Waals surface area contributed by atoms with Crippen molar-refractivity contribution in [1.82, 2.24) is 24.8 Å². The van der Waals surface area contributed by atoms with Gasteiger partial charge in [-0.05, 0) is 80.7 Å². The van der Waals surface area contributed by atoms with E-state index in [1.165, 1.54) is 12.1 Å².